The predicted octanol–water partition coefficient (Wildman–Crippen LogP) is -1.19. The zero-order valence-electron chi connectivity index (χ0n) is 4.85. The molecular weight excluding hydrogens is 134 g/mol. The van der Waals surface area contributed by atoms with Crippen LogP contribution in [0.3, 0.4) is 0 Å². The highest BCUT2D eigenvalue weighted by molar-refractivity contribution is 5.29. The van der Waals surface area contributed by atoms with Gasteiger partial charge in [-0.05, 0) is 10.4 Å². The molecule has 0 atom stereocenters. The smallest absolute Gasteiger partial charge is 0.295 e. The van der Waals surface area contributed by atoms with Gasteiger partial charge in [-0.15, -0.1) is 5.10 Å². The lowest BCUT2D eigenvalue weighted by molar-refractivity contribution is 0.819. The zero-order chi connectivity index (χ0) is 6.97. The average molecular weight is 137 g/mol. The SMILES string of the molecule is O=c1[nH]ccn2nnnc12. The summed E-state index contributed by atoms with van der Waals surface area (Å²) in [6.45, 7) is 0. The fraction of sp³-hybridized carbons (Fsp3) is 0. The lowest BCUT2D eigenvalue weighted by Gasteiger charge is -1.83. The Morgan fingerprint density at radius 3 is 3.30 bits per heavy atom. The summed E-state index contributed by atoms with van der Waals surface area (Å²) in [4.78, 5) is 13.3. The second-order valence-corrected chi connectivity index (χ2v) is 1.74. The summed E-state index contributed by atoms with van der Waals surface area (Å²) in [5, 5.41) is 10.3. The van der Waals surface area contributed by atoms with E-state index in [1.165, 1.54) is 10.7 Å². The Morgan fingerprint density at radius 2 is 2.50 bits per heavy atom. The monoisotopic (exact) mass is 137 g/mol. The van der Waals surface area contributed by atoms with Crippen LogP contribution in [-0.2, 0) is 0 Å². The van der Waals surface area contributed by atoms with Crippen molar-refractivity contribution in [3.05, 3.63) is 22.7 Å². The summed E-state index contributed by atoms with van der Waals surface area (Å²) in [7, 11) is 0. The van der Waals surface area contributed by atoms with Crippen molar-refractivity contribution in [1.29, 1.82) is 0 Å². The van der Waals surface area contributed by atoms with Crippen LogP contribution in [0.4, 0.5) is 0 Å². The van der Waals surface area contributed by atoms with Crippen LogP contribution >= 0.6 is 0 Å². The molecule has 0 saturated heterocycles. The van der Waals surface area contributed by atoms with Gasteiger partial charge in [-0.25, -0.2) is 0 Å². The van der Waals surface area contributed by atoms with Crippen LogP contribution in [0.5, 0.6) is 0 Å². The van der Waals surface area contributed by atoms with Gasteiger partial charge < -0.3 is 4.98 Å². The minimum absolute atomic E-state index is 0.211. The van der Waals surface area contributed by atoms with Gasteiger partial charge in [0.1, 0.15) is 0 Å². The molecule has 0 amide bonds. The van der Waals surface area contributed by atoms with E-state index in [2.05, 4.69) is 20.5 Å². The maximum atomic E-state index is 10.8. The summed E-state index contributed by atoms with van der Waals surface area (Å²) in [6, 6.07) is 0. The zero-order valence-corrected chi connectivity index (χ0v) is 4.85. The third-order valence-electron chi connectivity index (χ3n) is 1.13. The van der Waals surface area contributed by atoms with Crippen LogP contribution in [0.25, 0.3) is 5.65 Å². The van der Waals surface area contributed by atoms with Gasteiger partial charge in [0.15, 0.2) is 0 Å². The van der Waals surface area contributed by atoms with Crippen LogP contribution in [0, 0.1) is 0 Å². The quantitative estimate of drug-likeness (QED) is 0.495. The molecular formula is C4H3N5O. The van der Waals surface area contributed by atoms with Gasteiger partial charge in [0.05, 0.1) is 0 Å². The van der Waals surface area contributed by atoms with Crippen LogP contribution < -0.4 is 5.56 Å². The molecule has 0 spiro atoms. The number of rotatable bonds is 0. The van der Waals surface area contributed by atoms with Gasteiger partial charge >= 0.3 is 0 Å². The summed E-state index contributed by atoms with van der Waals surface area (Å²) in [6.07, 6.45) is 3.04. The van der Waals surface area contributed by atoms with E-state index in [0.717, 1.165) is 0 Å². The number of H-pyrrole nitrogens is 1. The molecule has 1 N–H and O–H groups in total. The molecule has 0 unspecified atom stereocenters. The molecule has 0 fully saturated rings. The van der Waals surface area contributed by atoms with E-state index in [-0.39, 0.29) is 11.2 Å². The van der Waals surface area contributed by atoms with Gasteiger partial charge in [-0.3, -0.25) is 4.79 Å². The Balaban J connectivity index is 3.09. The molecule has 0 aliphatic rings. The van der Waals surface area contributed by atoms with Crippen molar-refractivity contribution in [2.75, 3.05) is 0 Å². The molecule has 6 nitrogen and oxygen atoms in total. The van der Waals surface area contributed by atoms with E-state index in [0.29, 0.717) is 0 Å². The second-order valence-electron chi connectivity index (χ2n) is 1.74. The fourth-order valence-electron chi connectivity index (χ4n) is 0.692. The second kappa shape index (κ2) is 1.63. The highest BCUT2D eigenvalue weighted by atomic mass is 16.1. The van der Waals surface area contributed by atoms with Crippen molar-refractivity contribution >= 4 is 5.65 Å². The summed E-state index contributed by atoms with van der Waals surface area (Å²) in [5.74, 6) is 0. The number of aromatic amines is 1. The summed E-state index contributed by atoms with van der Waals surface area (Å²) < 4.78 is 1.30. The molecule has 0 saturated carbocycles. The Labute approximate surface area is 54.5 Å². The van der Waals surface area contributed by atoms with E-state index >= 15 is 0 Å². The highest BCUT2D eigenvalue weighted by Gasteiger charge is 1.97. The highest BCUT2D eigenvalue weighted by Crippen LogP contribution is 1.81. The molecule has 6 heteroatoms. The van der Waals surface area contributed by atoms with Crippen molar-refractivity contribution in [1.82, 2.24) is 25.0 Å². The first-order chi connectivity index (χ1) is 4.88. The molecule has 0 aliphatic carbocycles. The van der Waals surface area contributed by atoms with Gasteiger partial charge in [0.25, 0.3) is 5.56 Å². The largest absolute Gasteiger partial charge is 0.324 e. The predicted molar refractivity (Wildman–Crippen MR) is 31.4 cm³/mol. The third-order valence-corrected chi connectivity index (χ3v) is 1.13. The van der Waals surface area contributed by atoms with Crippen LogP contribution in [0.2, 0.25) is 0 Å². The first-order valence-corrected chi connectivity index (χ1v) is 2.63. The van der Waals surface area contributed by atoms with E-state index in [9.17, 15) is 4.79 Å². The lowest BCUT2D eigenvalue weighted by Crippen LogP contribution is -2.08. The average Bonchev–Trinajstić information content (AvgIpc) is 2.36. The number of hydrogen-bond donors (Lipinski definition) is 1. The van der Waals surface area contributed by atoms with Gasteiger partial charge in [-0.1, -0.05) is 0 Å². The molecule has 2 heterocycles. The molecule has 0 radical (unpaired) electrons. The number of aromatic nitrogens is 5. The van der Waals surface area contributed by atoms with Crippen molar-refractivity contribution in [2.24, 2.45) is 0 Å². The van der Waals surface area contributed by atoms with Crippen LogP contribution in [0.15, 0.2) is 17.2 Å². The summed E-state index contributed by atoms with van der Waals surface area (Å²) in [5.41, 5.74) is -0.0741. The number of nitrogens with zero attached hydrogens (tertiary/aromatic N) is 4. The standard InChI is InChI=1S/C4H3N5O/c10-4-3-6-7-8-9(3)2-1-5-4/h1-2H,(H,5,10). The maximum Gasteiger partial charge on any atom is 0.295 e. The van der Waals surface area contributed by atoms with Crippen LogP contribution in [0.1, 0.15) is 0 Å². The van der Waals surface area contributed by atoms with Crippen molar-refractivity contribution in [3.63, 3.8) is 0 Å². The summed E-state index contributed by atoms with van der Waals surface area (Å²) >= 11 is 0. The van der Waals surface area contributed by atoms with Gasteiger partial charge in [0.2, 0.25) is 5.65 Å². The van der Waals surface area contributed by atoms with Gasteiger partial charge in [-0.2, -0.15) is 4.52 Å². The molecule has 0 bridgehead atoms. The molecule has 2 aromatic heterocycles. The first-order valence-electron chi connectivity index (χ1n) is 2.63. The Kier molecular flexibility index (Phi) is 0.830. The van der Waals surface area contributed by atoms with Crippen molar-refractivity contribution in [2.45, 2.75) is 0 Å². The molecule has 2 aromatic rings. The minimum Gasteiger partial charge on any atom is -0.324 e. The number of tetrazole rings is 1. The molecule has 10 heavy (non-hydrogen) atoms. The van der Waals surface area contributed by atoms with Crippen molar-refractivity contribution < 1.29 is 0 Å². The molecule has 50 valence electrons. The normalized spacial score (nSPS) is 10.4. The number of nitrogens with one attached hydrogen (secondary N) is 1. The third kappa shape index (κ3) is 0.524. The number of fused-ring (bicyclic) bond motifs is 1. The van der Waals surface area contributed by atoms with E-state index in [1.54, 1.807) is 6.20 Å². The first kappa shape index (κ1) is 5.10. The Bertz CT molecular complexity index is 401. The van der Waals surface area contributed by atoms with Gasteiger partial charge in [0, 0.05) is 12.4 Å². The van der Waals surface area contributed by atoms with Crippen molar-refractivity contribution in [3.8, 4) is 0 Å². The van der Waals surface area contributed by atoms with E-state index < -0.39 is 0 Å². The number of hydrogen-bond acceptors (Lipinski definition) is 4. The molecule has 2 rings (SSSR count). The van der Waals surface area contributed by atoms with Crippen LogP contribution in [-0.4, -0.2) is 25.0 Å². The minimum atomic E-state index is -0.285. The lowest BCUT2D eigenvalue weighted by atomic mass is 10.7. The van der Waals surface area contributed by atoms with E-state index in [1.807, 2.05) is 0 Å². The fourth-order valence-corrected chi connectivity index (χ4v) is 0.692. The Hall–Kier alpha value is -1.72. The molecule has 0 aromatic carbocycles. The molecule has 0 aliphatic heterocycles. The topological polar surface area (TPSA) is 75.9 Å². The Morgan fingerprint density at radius 1 is 1.60 bits per heavy atom. The van der Waals surface area contributed by atoms with E-state index in [4.69, 9.17) is 0 Å². The maximum absolute atomic E-state index is 10.8.